The fourth-order valence-corrected chi connectivity index (χ4v) is 3.96. The van der Waals surface area contributed by atoms with Gasteiger partial charge in [0.25, 0.3) is 0 Å². The molecule has 2 nitrogen and oxygen atoms in total. The number of hydrogen-bond donors (Lipinski definition) is 0. The predicted octanol–water partition coefficient (Wildman–Crippen LogP) is 7.84. The van der Waals surface area contributed by atoms with Crippen molar-refractivity contribution < 1.29 is 4.42 Å². The maximum atomic E-state index is 6.40. The van der Waals surface area contributed by atoms with Gasteiger partial charge in [-0.05, 0) is 35.4 Å². The summed E-state index contributed by atoms with van der Waals surface area (Å²) in [5.41, 5.74) is 5.10. The summed E-state index contributed by atoms with van der Waals surface area (Å²) in [6.45, 7) is 0. The van der Waals surface area contributed by atoms with Crippen molar-refractivity contribution in [2.24, 2.45) is 0 Å². The third-order valence-corrected chi connectivity index (χ3v) is 5.57. The molecular formula is C28H20ClNO. The molecule has 0 fully saturated rings. The lowest BCUT2D eigenvalue weighted by Gasteiger charge is -2.17. The highest BCUT2D eigenvalue weighted by Gasteiger charge is 2.26. The monoisotopic (exact) mass is 421 g/mol. The molecule has 0 bridgehead atoms. The van der Waals surface area contributed by atoms with E-state index in [1.54, 1.807) is 0 Å². The number of oxazole rings is 1. The zero-order valence-corrected chi connectivity index (χ0v) is 17.5. The summed E-state index contributed by atoms with van der Waals surface area (Å²) >= 11 is 6.19. The molecular weight excluding hydrogens is 402 g/mol. The fourth-order valence-electron chi connectivity index (χ4n) is 3.84. The van der Waals surface area contributed by atoms with Crippen LogP contribution in [0, 0.1) is 0 Å². The molecule has 31 heavy (non-hydrogen) atoms. The molecule has 1 atom stereocenters. The number of benzene rings is 4. The molecule has 1 heterocycles. The van der Waals surface area contributed by atoms with Gasteiger partial charge in [0.05, 0.1) is 11.6 Å². The predicted molar refractivity (Wildman–Crippen MR) is 126 cm³/mol. The Kier molecular flexibility index (Phi) is 5.39. The molecule has 0 aliphatic heterocycles. The third-order valence-electron chi connectivity index (χ3n) is 5.32. The van der Waals surface area contributed by atoms with Gasteiger partial charge in [-0.2, -0.15) is 0 Å². The van der Waals surface area contributed by atoms with Gasteiger partial charge in [0, 0.05) is 16.1 Å². The Balaban J connectivity index is 1.75. The van der Waals surface area contributed by atoms with Crippen molar-refractivity contribution >= 4 is 11.6 Å². The Morgan fingerprint density at radius 2 is 1.10 bits per heavy atom. The summed E-state index contributed by atoms with van der Waals surface area (Å²) in [6, 6.07) is 38.5. The Morgan fingerprint density at radius 1 is 0.581 bits per heavy atom. The van der Waals surface area contributed by atoms with Crippen LogP contribution in [-0.4, -0.2) is 4.98 Å². The Morgan fingerprint density at radius 3 is 1.71 bits per heavy atom. The summed E-state index contributed by atoms with van der Waals surface area (Å²) in [6.07, 6.45) is 0. The molecule has 5 aromatic rings. The fraction of sp³-hybridized carbons (Fsp3) is 0.0357. The summed E-state index contributed by atoms with van der Waals surface area (Å²) in [5, 5.41) is 0.712. The van der Waals surface area contributed by atoms with Crippen LogP contribution in [0.5, 0.6) is 0 Å². The molecule has 0 N–H and O–H groups in total. The van der Waals surface area contributed by atoms with Gasteiger partial charge < -0.3 is 4.42 Å². The van der Waals surface area contributed by atoms with Crippen molar-refractivity contribution in [1.29, 1.82) is 0 Å². The average molecular weight is 422 g/mol. The van der Waals surface area contributed by atoms with E-state index in [2.05, 4.69) is 48.5 Å². The van der Waals surface area contributed by atoms with E-state index in [0.717, 1.165) is 33.7 Å². The molecule has 5 rings (SSSR count). The molecule has 4 aromatic carbocycles. The van der Waals surface area contributed by atoms with Crippen molar-refractivity contribution in [1.82, 2.24) is 4.98 Å². The summed E-state index contributed by atoms with van der Waals surface area (Å²) < 4.78 is 6.40. The highest BCUT2D eigenvalue weighted by Crippen LogP contribution is 2.40. The van der Waals surface area contributed by atoms with Crippen molar-refractivity contribution in [3.05, 3.63) is 137 Å². The summed E-state index contributed by atoms with van der Waals surface area (Å²) in [5.74, 6) is 1.31. The number of aromatic nitrogens is 1. The summed E-state index contributed by atoms with van der Waals surface area (Å²) in [4.78, 5) is 5.03. The zero-order chi connectivity index (χ0) is 21.0. The molecule has 0 saturated carbocycles. The van der Waals surface area contributed by atoms with Crippen LogP contribution >= 0.6 is 11.6 Å². The molecule has 0 aliphatic carbocycles. The average Bonchev–Trinajstić information content (AvgIpc) is 3.27. The first-order chi connectivity index (χ1) is 15.3. The highest BCUT2D eigenvalue weighted by molar-refractivity contribution is 6.30. The second-order valence-electron chi connectivity index (χ2n) is 7.36. The zero-order valence-electron chi connectivity index (χ0n) is 16.8. The van der Waals surface area contributed by atoms with E-state index in [4.69, 9.17) is 21.0 Å². The molecule has 0 aliphatic rings. The second-order valence-corrected chi connectivity index (χ2v) is 7.80. The minimum Gasteiger partial charge on any atom is -0.436 e. The maximum absolute atomic E-state index is 6.40. The van der Waals surface area contributed by atoms with Gasteiger partial charge in [0.15, 0.2) is 5.76 Å². The number of nitrogens with zero attached hydrogens (tertiary/aromatic N) is 1. The van der Waals surface area contributed by atoms with Crippen LogP contribution in [0.1, 0.15) is 22.7 Å². The molecule has 0 amide bonds. The van der Waals surface area contributed by atoms with E-state index in [0.29, 0.717) is 10.9 Å². The van der Waals surface area contributed by atoms with Crippen LogP contribution in [0.3, 0.4) is 0 Å². The van der Waals surface area contributed by atoms with Crippen molar-refractivity contribution in [3.63, 3.8) is 0 Å². The van der Waals surface area contributed by atoms with Gasteiger partial charge in [-0.1, -0.05) is 103 Å². The normalized spacial score (nSPS) is 11.9. The van der Waals surface area contributed by atoms with Crippen molar-refractivity contribution in [2.75, 3.05) is 0 Å². The van der Waals surface area contributed by atoms with Gasteiger partial charge in [0.2, 0.25) is 5.89 Å². The lowest BCUT2D eigenvalue weighted by molar-refractivity contribution is 0.587. The maximum Gasteiger partial charge on any atom is 0.227 e. The van der Waals surface area contributed by atoms with Gasteiger partial charge in [-0.25, -0.2) is 4.98 Å². The van der Waals surface area contributed by atoms with Crippen LogP contribution in [0.4, 0.5) is 0 Å². The number of hydrogen-bond acceptors (Lipinski definition) is 2. The Labute approximate surface area is 186 Å². The van der Waals surface area contributed by atoms with Crippen LogP contribution in [0.2, 0.25) is 5.02 Å². The highest BCUT2D eigenvalue weighted by atomic mass is 35.5. The van der Waals surface area contributed by atoms with Crippen LogP contribution in [0.15, 0.2) is 120 Å². The van der Waals surface area contributed by atoms with Crippen LogP contribution < -0.4 is 0 Å². The molecule has 0 saturated heterocycles. The molecule has 1 aromatic heterocycles. The molecule has 0 radical (unpaired) electrons. The van der Waals surface area contributed by atoms with Gasteiger partial charge in [-0.3, -0.25) is 0 Å². The van der Waals surface area contributed by atoms with Crippen LogP contribution in [-0.2, 0) is 0 Å². The smallest absolute Gasteiger partial charge is 0.227 e. The number of halogens is 1. The Hall–Kier alpha value is -3.62. The van der Waals surface area contributed by atoms with Crippen molar-refractivity contribution in [3.8, 4) is 22.8 Å². The topological polar surface area (TPSA) is 26.0 Å². The number of rotatable bonds is 5. The first-order valence-corrected chi connectivity index (χ1v) is 10.6. The van der Waals surface area contributed by atoms with Gasteiger partial charge in [0.1, 0.15) is 0 Å². The minimum absolute atomic E-state index is 0.0881. The molecule has 150 valence electrons. The van der Waals surface area contributed by atoms with Crippen LogP contribution in [0.25, 0.3) is 22.8 Å². The lowest BCUT2D eigenvalue weighted by Crippen LogP contribution is -2.05. The van der Waals surface area contributed by atoms with E-state index in [1.165, 1.54) is 0 Å². The van der Waals surface area contributed by atoms with E-state index >= 15 is 0 Å². The van der Waals surface area contributed by atoms with Crippen molar-refractivity contribution in [2.45, 2.75) is 5.92 Å². The molecule has 1 unspecified atom stereocenters. The minimum atomic E-state index is -0.0881. The SMILES string of the molecule is Clc1ccc(C(c2ccccc2)c2nc(-c3ccccc3)oc2-c2ccccc2)cc1. The first kappa shape index (κ1) is 19.3. The third kappa shape index (κ3) is 4.03. The van der Waals surface area contributed by atoms with E-state index in [-0.39, 0.29) is 5.92 Å². The molecule has 3 heteroatoms. The molecule has 0 spiro atoms. The van der Waals surface area contributed by atoms with E-state index < -0.39 is 0 Å². The van der Waals surface area contributed by atoms with Gasteiger partial charge in [-0.15, -0.1) is 0 Å². The standard InChI is InChI=1S/C28H20ClNO/c29-24-18-16-21(17-19-24)25(20-10-4-1-5-11-20)26-27(22-12-6-2-7-13-22)31-28(30-26)23-14-8-3-9-15-23/h1-19,25H. The Bertz CT molecular complexity index is 1260. The second kappa shape index (κ2) is 8.63. The quantitative estimate of drug-likeness (QED) is 0.289. The lowest BCUT2D eigenvalue weighted by atomic mass is 9.87. The van der Waals surface area contributed by atoms with E-state index in [1.807, 2.05) is 66.7 Å². The summed E-state index contributed by atoms with van der Waals surface area (Å²) in [7, 11) is 0. The van der Waals surface area contributed by atoms with Gasteiger partial charge >= 0.3 is 0 Å². The first-order valence-electron chi connectivity index (χ1n) is 10.2. The van der Waals surface area contributed by atoms with E-state index in [9.17, 15) is 0 Å². The largest absolute Gasteiger partial charge is 0.436 e.